The summed E-state index contributed by atoms with van der Waals surface area (Å²) in [5.74, 6) is -1.12. The van der Waals surface area contributed by atoms with E-state index in [0.717, 1.165) is 12.8 Å². The van der Waals surface area contributed by atoms with Gasteiger partial charge in [-0.3, -0.25) is 9.59 Å². The Morgan fingerprint density at radius 3 is 2.53 bits per heavy atom. The number of nitrogens with one attached hydrogen (secondary N) is 1. The van der Waals surface area contributed by atoms with Crippen LogP contribution in [0.2, 0.25) is 0 Å². The third kappa shape index (κ3) is 3.19. The molecule has 1 saturated carbocycles. The fourth-order valence-corrected chi connectivity index (χ4v) is 2.66. The van der Waals surface area contributed by atoms with Gasteiger partial charge in [-0.2, -0.15) is 0 Å². The van der Waals surface area contributed by atoms with Gasteiger partial charge < -0.3 is 15.3 Å². The molecule has 1 unspecified atom stereocenters. The van der Waals surface area contributed by atoms with Crippen LogP contribution in [0.25, 0.3) is 0 Å². The second-order valence-corrected chi connectivity index (χ2v) is 5.03. The van der Waals surface area contributed by atoms with Gasteiger partial charge in [-0.15, -0.1) is 0 Å². The molecule has 0 spiro atoms. The SMILES string of the molecule is O=C(O)C1CCN(C(=O)CNC2CCCC2)C1. The van der Waals surface area contributed by atoms with Crippen molar-refractivity contribution in [1.29, 1.82) is 0 Å². The molecule has 1 amide bonds. The van der Waals surface area contributed by atoms with Crippen LogP contribution in [0.3, 0.4) is 0 Å². The summed E-state index contributed by atoms with van der Waals surface area (Å²) in [6, 6.07) is 0.483. The Balaban J connectivity index is 1.71. The lowest BCUT2D eigenvalue weighted by atomic mass is 10.1. The maximum atomic E-state index is 11.8. The van der Waals surface area contributed by atoms with E-state index < -0.39 is 5.97 Å². The minimum atomic E-state index is -0.788. The average Bonchev–Trinajstić information content (AvgIpc) is 2.96. The van der Waals surface area contributed by atoms with Crippen LogP contribution in [0.5, 0.6) is 0 Å². The molecule has 1 atom stereocenters. The molecule has 2 N–H and O–H groups in total. The highest BCUT2D eigenvalue weighted by Gasteiger charge is 2.30. The Labute approximate surface area is 101 Å². The Morgan fingerprint density at radius 1 is 1.24 bits per heavy atom. The van der Waals surface area contributed by atoms with Crippen molar-refractivity contribution >= 4 is 11.9 Å². The molecular weight excluding hydrogens is 220 g/mol. The number of carboxylic acid groups (broad SMARTS) is 1. The molecule has 96 valence electrons. The van der Waals surface area contributed by atoms with Crippen molar-refractivity contribution in [2.75, 3.05) is 19.6 Å². The van der Waals surface area contributed by atoms with Crippen molar-refractivity contribution in [3.63, 3.8) is 0 Å². The molecule has 0 aromatic rings. The first kappa shape index (κ1) is 12.4. The second kappa shape index (κ2) is 5.49. The fourth-order valence-electron chi connectivity index (χ4n) is 2.66. The topological polar surface area (TPSA) is 69.6 Å². The van der Waals surface area contributed by atoms with Crippen molar-refractivity contribution < 1.29 is 14.7 Å². The van der Waals surface area contributed by atoms with E-state index in [2.05, 4.69) is 5.32 Å². The maximum absolute atomic E-state index is 11.8. The number of amides is 1. The van der Waals surface area contributed by atoms with Crippen LogP contribution in [-0.4, -0.2) is 47.6 Å². The molecule has 17 heavy (non-hydrogen) atoms. The smallest absolute Gasteiger partial charge is 0.308 e. The van der Waals surface area contributed by atoms with E-state index in [9.17, 15) is 9.59 Å². The zero-order valence-electron chi connectivity index (χ0n) is 10.0. The number of carboxylic acids is 1. The predicted octanol–water partition coefficient (Wildman–Crippen LogP) is 0.452. The number of hydrogen-bond donors (Lipinski definition) is 2. The lowest BCUT2D eigenvalue weighted by Gasteiger charge is -2.18. The molecule has 0 bridgehead atoms. The van der Waals surface area contributed by atoms with Crippen LogP contribution in [0.4, 0.5) is 0 Å². The van der Waals surface area contributed by atoms with E-state index in [1.165, 1.54) is 12.8 Å². The average molecular weight is 240 g/mol. The summed E-state index contributed by atoms with van der Waals surface area (Å²) in [5.41, 5.74) is 0. The number of carbonyl (C=O) groups excluding carboxylic acids is 1. The van der Waals surface area contributed by atoms with Crippen molar-refractivity contribution in [2.24, 2.45) is 5.92 Å². The first-order valence-electron chi connectivity index (χ1n) is 6.41. The van der Waals surface area contributed by atoms with Crippen LogP contribution in [-0.2, 0) is 9.59 Å². The molecule has 5 heteroatoms. The molecular formula is C12H20N2O3. The maximum Gasteiger partial charge on any atom is 0.308 e. The Kier molecular flexibility index (Phi) is 3.99. The van der Waals surface area contributed by atoms with Crippen molar-refractivity contribution in [1.82, 2.24) is 10.2 Å². The molecule has 0 aromatic heterocycles. The molecule has 2 fully saturated rings. The highest BCUT2D eigenvalue weighted by molar-refractivity contribution is 5.80. The quantitative estimate of drug-likeness (QED) is 0.748. The summed E-state index contributed by atoms with van der Waals surface area (Å²) < 4.78 is 0. The summed E-state index contributed by atoms with van der Waals surface area (Å²) in [6.07, 6.45) is 5.40. The summed E-state index contributed by atoms with van der Waals surface area (Å²) in [5, 5.41) is 12.1. The number of nitrogens with zero attached hydrogens (tertiary/aromatic N) is 1. The van der Waals surface area contributed by atoms with Crippen LogP contribution in [0.15, 0.2) is 0 Å². The number of hydrogen-bond acceptors (Lipinski definition) is 3. The van der Waals surface area contributed by atoms with Gasteiger partial charge in [-0.05, 0) is 19.3 Å². The molecule has 0 aromatic carbocycles. The van der Waals surface area contributed by atoms with E-state index in [0.29, 0.717) is 32.1 Å². The lowest BCUT2D eigenvalue weighted by molar-refractivity contribution is -0.141. The molecule has 1 aliphatic carbocycles. The first-order valence-corrected chi connectivity index (χ1v) is 6.41. The van der Waals surface area contributed by atoms with Gasteiger partial charge in [-0.1, -0.05) is 12.8 Å². The van der Waals surface area contributed by atoms with Crippen LogP contribution in [0.1, 0.15) is 32.1 Å². The van der Waals surface area contributed by atoms with Gasteiger partial charge in [0.05, 0.1) is 12.5 Å². The third-order valence-corrected chi connectivity index (χ3v) is 3.79. The number of carbonyl (C=O) groups is 2. The van der Waals surface area contributed by atoms with E-state index in [4.69, 9.17) is 5.11 Å². The predicted molar refractivity (Wildman–Crippen MR) is 62.6 cm³/mol. The summed E-state index contributed by atoms with van der Waals surface area (Å²) >= 11 is 0. The van der Waals surface area contributed by atoms with Gasteiger partial charge in [0.2, 0.25) is 5.91 Å². The van der Waals surface area contributed by atoms with Gasteiger partial charge in [0.15, 0.2) is 0 Å². The molecule has 2 rings (SSSR count). The van der Waals surface area contributed by atoms with Gasteiger partial charge in [0.25, 0.3) is 0 Å². The van der Waals surface area contributed by atoms with Gasteiger partial charge in [0, 0.05) is 19.1 Å². The highest BCUT2D eigenvalue weighted by Crippen LogP contribution is 2.18. The van der Waals surface area contributed by atoms with Gasteiger partial charge in [-0.25, -0.2) is 0 Å². The van der Waals surface area contributed by atoms with E-state index in [-0.39, 0.29) is 11.8 Å². The van der Waals surface area contributed by atoms with E-state index in [1.54, 1.807) is 4.90 Å². The highest BCUT2D eigenvalue weighted by atomic mass is 16.4. The zero-order chi connectivity index (χ0) is 12.3. The first-order chi connectivity index (χ1) is 8.16. The van der Waals surface area contributed by atoms with Crippen molar-refractivity contribution in [3.8, 4) is 0 Å². The third-order valence-electron chi connectivity index (χ3n) is 3.79. The normalized spacial score (nSPS) is 25.4. The van der Waals surface area contributed by atoms with Gasteiger partial charge >= 0.3 is 5.97 Å². The summed E-state index contributed by atoms with van der Waals surface area (Å²) in [7, 11) is 0. The number of rotatable bonds is 4. The van der Waals surface area contributed by atoms with Crippen molar-refractivity contribution in [3.05, 3.63) is 0 Å². The monoisotopic (exact) mass is 240 g/mol. The molecule has 1 heterocycles. The molecule has 0 radical (unpaired) electrons. The van der Waals surface area contributed by atoms with E-state index in [1.807, 2.05) is 0 Å². The molecule has 1 saturated heterocycles. The largest absolute Gasteiger partial charge is 0.481 e. The lowest BCUT2D eigenvalue weighted by Crippen LogP contribution is -2.40. The van der Waals surface area contributed by atoms with Crippen molar-refractivity contribution in [2.45, 2.75) is 38.1 Å². The fraction of sp³-hybridized carbons (Fsp3) is 0.833. The van der Waals surface area contributed by atoms with Crippen LogP contribution >= 0.6 is 0 Å². The molecule has 1 aliphatic heterocycles. The Morgan fingerprint density at radius 2 is 1.94 bits per heavy atom. The standard InChI is InChI=1S/C12H20N2O3/c15-11(7-13-10-3-1-2-4-10)14-6-5-9(8-14)12(16)17/h9-10,13H,1-8H2,(H,16,17). The molecule has 5 nitrogen and oxygen atoms in total. The molecule has 2 aliphatic rings. The second-order valence-electron chi connectivity index (χ2n) is 5.03. The summed E-state index contributed by atoms with van der Waals surface area (Å²) in [4.78, 5) is 24.3. The summed E-state index contributed by atoms with van der Waals surface area (Å²) in [6.45, 7) is 1.32. The zero-order valence-corrected chi connectivity index (χ0v) is 10.0. The minimum Gasteiger partial charge on any atom is -0.481 e. The van der Waals surface area contributed by atoms with Gasteiger partial charge in [0.1, 0.15) is 0 Å². The van der Waals surface area contributed by atoms with Crippen LogP contribution < -0.4 is 5.32 Å². The number of aliphatic carboxylic acids is 1. The Hall–Kier alpha value is -1.10. The minimum absolute atomic E-state index is 0.0423. The number of likely N-dealkylation sites (tertiary alicyclic amines) is 1. The Bertz CT molecular complexity index is 300. The van der Waals surface area contributed by atoms with E-state index >= 15 is 0 Å². The van der Waals surface area contributed by atoms with Crippen LogP contribution in [0, 0.1) is 5.92 Å².